The van der Waals surface area contributed by atoms with Gasteiger partial charge in [0.15, 0.2) is 5.69 Å². The van der Waals surface area contributed by atoms with Crippen LogP contribution in [0, 0.1) is 10.1 Å². The quantitative estimate of drug-likeness (QED) is 0.517. The lowest BCUT2D eigenvalue weighted by Crippen LogP contribution is -2.11. The molecule has 0 aliphatic heterocycles. The number of rotatable bonds is 5. The largest absolute Gasteiger partial charge is 0.461 e. The Morgan fingerprint density at radius 2 is 2.14 bits per heavy atom. The monoisotopic (exact) mass is 323 g/mol. The number of aryl methyl sites for hydroxylation is 1. The maximum absolute atomic E-state index is 12.0. The number of aromatic nitrogens is 1. The number of ether oxygens (including phenoxy) is 1. The van der Waals surface area contributed by atoms with Gasteiger partial charge < -0.3 is 14.6 Å². The van der Waals surface area contributed by atoms with Crippen LogP contribution in [0.2, 0.25) is 5.02 Å². The molecule has 8 heteroatoms. The molecular formula is C14H14ClN3O4. The molecular weight excluding hydrogens is 310 g/mol. The Kier molecular flexibility index (Phi) is 4.67. The van der Waals surface area contributed by atoms with Gasteiger partial charge in [-0.05, 0) is 13.0 Å². The van der Waals surface area contributed by atoms with Crippen LogP contribution in [0.25, 0.3) is 0 Å². The van der Waals surface area contributed by atoms with Crippen LogP contribution in [0.4, 0.5) is 17.1 Å². The van der Waals surface area contributed by atoms with Gasteiger partial charge in [0, 0.05) is 19.3 Å². The van der Waals surface area contributed by atoms with E-state index in [0.717, 1.165) is 0 Å². The summed E-state index contributed by atoms with van der Waals surface area (Å²) >= 11 is 6.12. The molecule has 116 valence electrons. The van der Waals surface area contributed by atoms with Crippen molar-refractivity contribution in [3.63, 3.8) is 0 Å². The average molecular weight is 324 g/mol. The highest BCUT2D eigenvalue weighted by Gasteiger charge is 2.23. The van der Waals surface area contributed by atoms with Gasteiger partial charge in [0.2, 0.25) is 0 Å². The Hall–Kier alpha value is -2.54. The minimum atomic E-state index is -0.557. The second kappa shape index (κ2) is 6.48. The molecule has 0 amide bonds. The predicted molar refractivity (Wildman–Crippen MR) is 82.8 cm³/mol. The molecule has 0 radical (unpaired) electrons. The molecule has 2 rings (SSSR count). The van der Waals surface area contributed by atoms with E-state index >= 15 is 0 Å². The fourth-order valence-electron chi connectivity index (χ4n) is 2.03. The number of carbonyl (C=O) groups excluding carboxylic acids is 1. The van der Waals surface area contributed by atoms with E-state index in [1.807, 2.05) is 0 Å². The smallest absolute Gasteiger partial charge is 0.357 e. The van der Waals surface area contributed by atoms with E-state index in [0.29, 0.717) is 0 Å². The van der Waals surface area contributed by atoms with Gasteiger partial charge in [-0.15, -0.1) is 0 Å². The molecule has 1 heterocycles. The summed E-state index contributed by atoms with van der Waals surface area (Å²) in [5.41, 5.74) is 0.602. The molecule has 1 aromatic heterocycles. The normalized spacial score (nSPS) is 10.3. The first-order chi connectivity index (χ1) is 10.5. The lowest BCUT2D eigenvalue weighted by Gasteiger charge is -2.10. The summed E-state index contributed by atoms with van der Waals surface area (Å²) in [6.07, 6.45) is 1.53. The lowest BCUT2D eigenvalue weighted by atomic mass is 10.2. The number of halogens is 1. The SMILES string of the molecule is CCOC(=O)c1c(Nc2ccccc2[N+](=O)[O-])c(Cl)cn1C. The number of anilines is 2. The van der Waals surface area contributed by atoms with Crippen LogP contribution in [-0.2, 0) is 11.8 Å². The fraction of sp³-hybridized carbons (Fsp3) is 0.214. The Labute approximate surface area is 131 Å². The number of nitro groups is 1. The number of benzene rings is 1. The van der Waals surface area contributed by atoms with E-state index in [2.05, 4.69) is 5.32 Å². The van der Waals surface area contributed by atoms with E-state index in [1.54, 1.807) is 26.1 Å². The Morgan fingerprint density at radius 3 is 2.77 bits per heavy atom. The van der Waals surface area contributed by atoms with Crippen LogP contribution in [0.15, 0.2) is 30.5 Å². The first-order valence-corrected chi connectivity index (χ1v) is 6.85. The Balaban J connectivity index is 2.47. The second-order valence-electron chi connectivity index (χ2n) is 4.43. The number of carbonyl (C=O) groups is 1. The lowest BCUT2D eigenvalue weighted by molar-refractivity contribution is -0.383. The molecule has 0 aliphatic carbocycles. The van der Waals surface area contributed by atoms with E-state index in [1.165, 1.54) is 22.9 Å². The predicted octanol–water partition coefficient (Wildman–Crippen LogP) is 3.51. The maximum atomic E-state index is 12.0. The summed E-state index contributed by atoms with van der Waals surface area (Å²) in [5, 5.41) is 14.2. The Morgan fingerprint density at radius 1 is 1.45 bits per heavy atom. The number of esters is 1. The zero-order valence-corrected chi connectivity index (χ0v) is 12.8. The number of nitrogens with zero attached hydrogens (tertiary/aromatic N) is 2. The molecule has 0 aliphatic rings. The number of nitro benzene ring substituents is 1. The third kappa shape index (κ3) is 3.04. The zero-order valence-electron chi connectivity index (χ0n) is 12.0. The first kappa shape index (κ1) is 15.8. The molecule has 1 N–H and O–H groups in total. The minimum absolute atomic E-state index is 0.114. The van der Waals surface area contributed by atoms with Gasteiger partial charge in [-0.25, -0.2) is 4.79 Å². The van der Waals surface area contributed by atoms with Crippen molar-refractivity contribution in [2.24, 2.45) is 7.05 Å². The molecule has 0 fully saturated rings. The van der Waals surface area contributed by atoms with Gasteiger partial charge in [0.05, 0.1) is 22.2 Å². The van der Waals surface area contributed by atoms with Gasteiger partial charge in [-0.1, -0.05) is 23.7 Å². The van der Waals surface area contributed by atoms with Crippen molar-refractivity contribution in [1.29, 1.82) is 0 Å². The van der Waals surface area contributed by atoms with Crippen molar-refractivity contribution in [2.75, 3.05) is 11.9 Å². The zero-order chi connectivity index (χ0) is 16.3. The highest BCUT2D eigenvalue weighted by Crippen LogP contribution is 2.34. The molecule has 0 bridgehead atoms. The van der Waals surface area contributed by atoms with Gasteiger partial charge in [-0.3, -0.25) is 10.1 Å². The third-order valence-electron chi connectivity index (χ3n) is 2.96. The molecule has 0 unspecified atom stereocenters. The Bertz CT molecular complexity index is 727. The van der Waals surface area contributed by atoms with E-state index < -0.39 is 10.9 Å². The fourth-order valence-corrected chi connectivity index (χ4v) is 2.31. The number of para-hydroxylation sites is 2. The van der Waals surface area contributed by atoms with E-state index in [-0.39, 0.29) is 34.4 Å². The highest BCUT2D eigenvalue weighted by molar-refractivity contribution is 6.34. The van der Waals surface area contributed by atoms with Gasteiger partial charge in [0.25, 0.3) is 5.69 Å². The van der Waals surface area contributed by atoms with Gasteiger partial charge in [-0.2, -0.15) is 0 Å². The maximum Gasteiger partial charge on any atom is 0.357 e. The summed E-state index contributed by atoms with van der Waals surface area (Å²) in [6, 6.07) is 6.11. The van der Waals surface area contributed by atoms with Crippen molar-refractivity contribution in [3.8, 4) is 0 Å². The topological polar surface area (TPSA) is 86.4 Å². The van der Waals surface area contributed by atoms with Gasteiger partial charge >= 0.3 is 5.97 Å². The van der Waals surface area contributed by atoms with Crippen molar-refractivity contribution < 1.29 is 14.5 Å². The summed E-state index contributed by atoms with van der Waals surface area (Å²) in [7, 11) is 1.64. The number of hydrogen-bond donors (Lipinski definition) is 1. The third-order valence-corrected chi connectivity index (χ3v) is 3.25. The second-order valence-corrected chi connectivity index (χ2v) is 4.84. The van der Waals surface area contributed by atoms with Crippen LogP contribution in [0.5, 0.6) is 0 Å². The highest BCUT2D eigenvalue weighted by atomic mass is 35.5. The average Bonchev–Trinajstić information content (AvgIpc) is 2.74. The van der Waals surface area contributed by atoms with Crippen molar-refractivity contribution in [1.82, 2.24) is 4.57 Å². The molecule has 0 saturated carbocycles. The molecule has 7 nitrogen and oxygen atoms in total. The van der Waals surface area contributed by atoms with Crippen molar-refractivity contribution in [3.05, 3.63) is 51.3 Å². The standard InChI is InChI=1S/C14H14ClN3O4/c1-3-22-14(19)13-12(9(15)8-17(13)2)16-10-6-4-5-7-11(10)18(20)21/h4-8,16H,3H2,1-2H3. The molecule has 0 saturated heterocycles. The molecule has 0 atom stereocenters. The van der Waals surface area contributed by atoms with E-state index in [9.17, 15) is 14.9 Å². The summed E-state index contributed by atoms with van der Waals surface area (Å²) in [4.78, 5) is 22.6. The van der Waals surface area contributed by atoms with Gasteiger partial charge in [0.1, 0.15) is 5.69 Å². The molecule has 1 aromatic carbocycles. The van der Waals surface area contributed by atoms with E-state index in [4.69, 9.17) is 16.3 Å². The summed E-state index contributed by atoms with van der Waals surface area (Å²) in [5.74, 6) is -0.557. The van der Waals surface area contributed by atoms with Crippen molar-refractivity contribution in [2.45, 2.75) is 6.92 Å². The number of hydrogen-bond acceptors (Lipinski definition) is 5. The summed E-state index contributed by atoms with van der Waals surface area (Å²) in [6.45, 7) is 1.91. The van der Waals surface area contributed by atoms with Crippen LogP contribution < -0.4 is 5.32 Å². The van der Waals surface area contributed by atoms with Crippen LogP contribution in [0.3, 0.4) is 0 Å². The first-order valence-electron chi connectivity index (χ1n) is 6.48. The van der Waals surface area contributed by atoms with Crippen molar-refractivity contribution >= 4 is 34.6 Å². The molecule has 2 aromatic rings. The van der Waals surface area contributed by atoms with Crippen LogP contribution in [0.1, 0.15) is 17.4 Å². The van der Waals surface area contributed by atoms with Crippen LogP contribution >= 0.6 is 11.6 Å². The molecule has 0 spiro atoms. The van der Waals surface area contributed by atoms with Crippen LogP contribution in [-0.4, -0.2) is 22.1 Å². The molecule has 22 heavy (non-hydrogen) atoms. The number of nitrogens with one attached hydrogen (secondary N) is 1. The minimum Gasteiger partial charge on any atom is -0.461 e. The summed E-state index contributed by atoms with van der Waals surface area (Å²) < 4.78 is 6.50.